The van der Waals surface area contributed by atoms with Gasteiger partial charge in [-0.3, -0.25) is 14.5 Å². The third-order valence-corrected chi connectivity index (χ3v) is 5.09. The van der Waals surface area contributed by atoms with Crippen molar-refractivity contribution in [3.63, 3.8) is 0 Å². The van der Waals surface area contributed by atoms with Crippen molar-refractivity contribution in [2.24, 2.45) is 23.7 Å². The Bertz CT molecular complexity index is 622. The van der Waals surface area contributed by atoms with E-state index in [1.54, 1.807) is 7.11 Å². The predicted octanol–water partition coefficient (Wildman–Crippen LogP) is 1.87. The Morgan fingerprint density at radius 1 is 1.09 bits per heavy atom. The number of rotatable bonds is 4. The number of imide groups is 1. The molecule has 22 heavy (non-hydrogen) atoms. The van der Waals surface area contributed by atoms with Crippen molar-refractivity contribution in [1.29, 1.82) is 0 Å². The number of nitrogens with one attached hydrogen (secondary N) is 1. The van der Waals surface area contributed by atoms with Gasteiger partial charge in [0.2, 0.25) is 11.8 Å². The molecule has 3 aliphatic rings. The van der Waals surface area contributed by atoms with Crippen LogP contribution in [0.1, 0.15) is 6.42 Å². The minimum Gasteiger partial charge on any atom is -0.497 e. The molecule has 2 amide bonds. The largest absolute Gasteiger partial charge is 0.497 e. The lowest BCUT2D eigenvalue weighted by Gasteiger charge is -2.18. The van der Waals surface area contributed by atoms with E-state index in [1.165, 1.54) is 4.90 Å². The zero-order valence-corrected chi connectivity index (χ0v) is 12.4. The fourth-order valence-electron chi connectivity index (χ4n) is 4.00. The number of carbonyl (C=O) groups excluding carboxylic acids is 2. The molecule has 4 atom stereocenters. The van der Waals surface area contributed by atoms with Gasteiger partial charge in [0.1, 0.15) is 5.75 Å². The molecule has 0 unspecified atom stereocenters. The van der Waals surface area contributed by atoms with E-state index in [2.05, 4.69) is 17.5 Å². The highest BCUT2D eigenvalue weighted by Crippen LogP contribution is 2.52. The minimum absolute atomic E-state index is 0.0205. The number of likely N-dealkylation sites (tertiary alicyclic amines) is 1. The molecule has 2 bridgehead atoms. The van der Waals surface area contributed by atoms with Crippen molar-refractivity contribution < 1.29 is 14.3 Å². The van der Waals surface area contributed by atoms with Crippen LogP contribution in [0.3, 0.4) is 0 Å². The molecule has 0 spiro atoms. The molecular weight excluding hydrogens is 280 g/mol. The van der Waals surface area contributed by atoms with Crippen molar-refractivity contribution in [3.8, 4) is 5.75 Å². The number of hydrogen-bond donors (Lipinski definition) is 1. The highest BCUT2D eigenvalue weighted by molar-refractivity contribution is 6.06. The van der Waals surface area contributed by atoms with Crippen molar-refractivity contribution in [2.45, 2.75) is 6.42 Å². The number of hydrogen-bond acceptors (Lipinski definition) is 4. The van der Waals surface area contributed by atoms with Gasteiger partial charge in [0, 0.05) is 5.69 Å². The van der Waals surface area contributed by atoms with Gasteiger partial charge in [-0.2, -0.15) is 0 Å². The summed E-state index contributed by atoms with van der Waals surface area (Å²) in [5.74, 6) is 1.01. The zero-order valence-electron chi connectivity index (χ0n) is 12.4. The Morgan fingerprint density at radius 3 is 2.23 bits per heavy atom. The van der Waals surface area contributed by atoms with E-state index in [4.69, 9.17) is 4.74 Å². The molecule has 114 valence electrons. The second-order valence-electron chi connectivity index (χ2n) is 6.17. The molecule has 5 heteroatoms. The molecule has 1 saturated carbocycles. The second kappa shape index (κ2) is 4.87. The second-order valence-corrected chi connectivity index (χ2v) is 6.17. The highest BCUT2D eigenvalue weighted by atomic mass is 16.5. The fourth-order valence-corrected chi connectivity index (χ4v) is 4.00. The number of fused-ring (bicyclic) bond motifs is 5. The van der Waals surface area contributed by atoms with Gasteiger partial charge in [-0.1, -0.05) is 12.2 Å². The van der Waals surface area contributed by atoms with E-state index < -0.39 is 0 Å². The van der Waals surface area contributed by atoms with Crippen LogP contribution in [-0.4, -0.2) is 30.5 Å². The molecule has 1 aliphatic heterocycles. The average molecular weight is 298 g/mol. The normalized spacial score (nSPS) is 31.8. The number of amides is 2. The Balaban J connectivity index is 1.45. The van der Waals surface area contributed by atoms with Crippen LogP contribution in [0.2, 0.25) is 0 Å². The van der Waals surface area contributed by atoms with Gasteiger partial charge in [-0.05, 0) is 42.5 Å². The topological polar surface area (TPSA) is 58.6 Å². The lowest BCUT2D eigenvalue weighted by molar-refractivity contribution is -0.140. The Kier molecular flexibility index (Phi) is 2.96. The molecule has 1 heterocycles. The number of anilines is 1. The van der Waals surface area contributed by atoms with Crippen LogP contribution in [0.15, 0.2) is 36.4 Å². The van der Waals surface area contributed by atoms with Gasteiger partial charge in [-0.15, -0.1) is 0 Å². The maximum absolute atomic E-state index is 12.5. The lowest BCUT2D eigenvalue weighted by Crippen LogP contribution is -2.37. The van der Waals surface area contributed by atoms with Gasteiger partial charge in [0.05, 0.1) is 25.6 Å². The number of nitrogens with zero attached hydrogens (tertiary/aromatic N) is 1. The van der Waals surface area contributed by atoms with Gasteiger partial charge in [-0.25, -0.2) is 0 Å². The first-order chi connectivity index (χ1) is 10.7. The van der Waals surface area contributed by atoms with Crippen LogP contribution in [0.5, 0.6) is 5.75 Å². The summed E-state index contributed by atoms with van der Waals surface area (Å²) < 4.78 is 5.11. The molecular formula is C17H18N2O3. The maximum atomic E-state index is 12.5. The average Bonchev–Trinajstić information content (AvgIpc) is 3.21. The Hall–Kier alpha value is -2.30. The first-order valence-corrected chi connectivity index (χ1v) is 7.60. The van der Waals surface area contributed by atoms with Crippen LogP contribution in [-0.2, 0) is 9.59 Å². The van der Waals surface area contributed by atoms with Crippen LogP contribution in [0, 0.1) is 23.7 Å². The Labute approximate surface area is 128 Å². The van der Waals surface area contributed by atoms with Crippen LogP contribution < -0.4 is 10.1 Å². The van der Waals surface area contributed by atoms with Crippen molar-refractivity contribution in [2.75, 3.05) is 19.1 Å². The SMILES string of the molecule is COc1ccc(NCN2C(=O)[C@@H]3[C@@H](C2=O)[C@@H]2C=C[C@@H]3C2)cc1. The van der Waals surface area contributed by atoms with E-state index in [0.717, 1.165) is 17.9 Å². The Morgan fingerprint density at radius 2 is 1.68 bits per heavy atom. The first-order valence-electron chi connectivity index (χ1n) is 7.60. The maximum Gasteiger partial charge on any atom is 0.235 e. The zero-order chi connectivity index (χ0) is 15.3. The van der Waals surface area contributed by atoms with Crippen LogP contribution in [0.4, 0.5) is 5.69 Å². The number of ether oxygens (including phenoxy) is 1. The van der Waals surface area contributed by atoms with Crippen LogP contribution in [0.25, 0.3) is 0 Å². The summed E-state index contributed by atoms with van der Waals surface area (Å²) in [4.78, 5) is 26.4. The van der Waals surface area contributed by atoms with E-state index >= 15 is 0 Å². The van der Waals surface area contributed by atoms with E-state index in [9.17, 15) is 9.59 Å². The molecule has 0 radical (unpaired) electrons. The minimum atomic E-state index is -0.125. The van der Waals surface area contributed by atoms with E-state index in [-0.39, 0.29) is 42.2 Å². The number of carbonyl (C=O) groups is 2. The third kappa shape index (κ3) is 1.85. The summed E-state index contributed by atoms with van der Waals surface area (Å²) in [5.41, 5.74) is 0.861. The smallest absolute Gasteiger partial charge is 0.235 e. The highest BCUT2D eigenvalue weighted by Gasteiger charge is 2.59. The van der Waals surface area contributed by atoms with Crippen molar-refractivity contribution >= 4 is 17.5 Å². The summed E-state index contributed by atoms with van der Waals surface area (Å²) in [6.45, 7) is 0.233. The molecule has 1 aromatic carbocycles. The molecule has 1 aromatic rings. The summed E-state index contributed by atoms with van der Waals surface area (Å²) >= 11 is 0. The van der Waals surface area contributed by atoms with Gasteiger partial charge < -0.3 is 10.1 Å². The van der Waals surface area contributed by atoms with Crippen molar-refractivity contribution in [1.82, 2.24) is 4.90 Å². The summed E-state index contributed by atoms with van der Waals surface area (Å²) in [7, 11) is 1.62. The standard InChI is InChI=1S/C17H18N2O3/c1-22-13-6-4-12(5-7-13)18-9-19-16(20)14-10-2-3-11(8-10)15(14)17(19)21/h2-7,10-11,14-15,18H,8-9H2,1H3/t10-,11-,14+,15+/m1/s1. The van der Waals surface area contributed by atoms with Gasteiger partial charge >= 0.3 is 0 Å². The molecule has 1 saturated heterocycles. The molecule has 2 fully saturated rings. The number of allylic oxidation sites excluding steroid dienone is 2. The predicted molar refractivity (Wildman–Crippen MR) is 81.1 cm³/mol. The van der Waals surface area contributed by atoms with Crippen molar-refractivity contribution in [3.05, 3.63) is 36.4 Å². The third-order valence-electron chi connectivity index (χ3n) is 5.09. The summed E-state index contributed by atoms with van der Waals surface area (Å²) in [6.07, 6.45) is 5.18. The molecule has 0 aromatic heterocycles. The van der Waals surface area contributed by atoms with Gasteiger partial charge in [0.25, 0.3) is 0 Å². The number of benzene rings is 1. The lowest BCUT2D eigenvalue weighted by atomic mass is 9.85. The summed E-state index contributed by atoms with van der Waals surface area (Å²) in [6, 6.07) is 7.43. The first kappa shape index (κ1) is 13.4. The quantitative estimate of drug-likeness (QED) is 0.681. The molecule has 1 N–H and O–H groups in total. The van der Waals surface area contributed by atoms with E-state index in [1.807, 2.05) is 24.3 Å². The monoisotopic (exact) mass is 298 g/mol. The molecule has 5 nitrogen and oxygen atoms in total. The van der Waals surface area contributed by atoms with Gasteiger partial charge in [0.15, 0.2) is 0 Å². The van der Waals surface area contributed by atoms with Crippen LogP contribution >= 0.6 is 0 Å². The van der Waals surface area contributed by atoms with E-state index in [0.29, 0.717) is 0 Å². The summed E-state index contributed by atoms with van der Waals surface area (Å²) in [5, 5.41) is 3.15. The molecule has 4 rings (SSSR count). The molecule has 2 aliphatic carbocycles. The number of methoxy groups -OCH3 is 1. The fraction of sp³-hybridized carbons (Fsp3) is 0.412.